The normalized spacial score (nSPS) is 18.2. The molecule has 1 N–H and O–H groups in total. The number of nitrogens with one attached hydrogen (secondary N) is 1. The van der Waals surface area contributed by atoms with Gasteiger partial charge in [0.15, 0.2) is 0 Å². The molecule has 1 atom stereocenters. The van der Waals surface area contributed by atoms with Gasteiger partial charge in [-0.25, -0.2) is 0 Å². The van der Waals surface area contributed by atoms with Crippen LogP contribution >= 0.6 is 0 Å². The van der Waals surface area contributed by atoms with Gasteiger partial charge in [-0.15, -0.1) is 0 Å². The van der Waals surface area contributed by atoms with Crippen molar-refractivity contribution in [3.05, 3.63) is 0 Å². The second-order valence-corrected chi connectivity index (χ2v) is 4.77. The summed E-state index contributed by atoms with van der Waals surface area (Å²) in [7, 11) is 0. The van der Waals surface area contributed by atoms with Crippen LogP contribution in [0.1, 0.15) is 33.1 Å². The first-order chi connectivity index (χ1) is 10.1. The fourth-order valence-corrected chi connectivity index (χ4v) is 2.07. The lowest BCUT2D eigenvalue weighted by Crippen LogP contribution is -2.56. The first kappa shape index (κ1) is 17.4. The zero-order chi connectivity index (χ0) is 15.7. The predicted molar refractivity (Wildman–Crippen MR) is 75.5 cm³/mol. The van der Waals surface area contributed by atoms with Crippen LogP contribution in [0, 0.1) is 0 Å². The Kier molecular flexibility index (Phi) is 7.74. The van der Waals surface area contributed by atoms with Crippen molar-refractivity contribution >= 4 is 17.8 Å². The van der Waals surface area contributed by atoms with E-state index in [4.69, 9.17) is 9.47 Å². The van der Waals surface area contributed by atoms with Crippen molar-refractivity contribution in [1.29, 1.82) is 0 Å². The van der Waals surface area contributed by atoms with Crippen LogP contribution in [0.4, 0.5) is 0 Å². The standard InChI is InChI=1S/C14H24N2O5/c1-3-7-15-14(19)11-10-20-9-8-16(11)12(17)5-6-13(18)21-4-2/h11H,3-10H2,1-2H3,(H,15,19). The summed E-state index contributed by atoms with van der Waals surface area (Å²) < 4.78 is 10.1. The van der Waals surface area contributed by atoms with Crippen molar-refractivity contribution in [2.45, 2.75) is 39.2 Å². The molecule has 1 fully saturated rings. The Morgan fingerprint density at radius 3 is 2.71 bits per heavy atom. The third-order valence-corrected chi connectivity index (χ3v) is 3.15. The van der Waals surface area contributed by atoms with E-state index in [0.717, 1.165) is 6.42 Å². The summed E-state index contributed by atoms with van der Waals surface area (Å²) in [5.41, 5.74) is 0. The Morgan fingerprint density at radius 1 is 1.29 bits per heavy atom. The van der Waals surface area contributed by atoms with Gasteiger partial charge in [-0.2, -0.15) is 0 Å². The molecular formula is C14H24N2O5. The van der Waals surface area contributed by atoms with Crippen LogP contribution in [0.3, 0.4) is 0 Å². The van der Waals surface area contributed by atoms with Gasteiger partial charge in [-0.3, -0.25) is 14.4 Å². The smallest absolute Gasteiger partial charge is 0.306 e. The number of esters is 1. The molecule has 120 valence electrons. The molecule has 1 aliphatic rings. The monoisotopic (exact) mass is 300 g/mol. The number of nitrogens with zero attached hydrogens (tertiary/aromatic N) is 1. The van der Waals surface area contributed by atoms with Crippen LogP contribution < -0.4 is 5.32 Å². The van der Waals surface area contributed by atoms with Crippen molar-refractivity contribution in [3.8, 4) is 0 Å². The van der Waals surface area contributed by atoms with Crippen molar-refractivity contribution in [2.24, 2.45) is 0 Å². The largest absolute Gasteiger partial charge is 0.466 e. The quantitative estimate of drug-likeness (QED) is 0.673. The first-order valence-electron chi connectivity index (χ1n) is 7.40. The maximum atomic E-state index is 12.2. The van der Waals surface area contributed by atoms with Crippen molar-refractivity contribution in [1.82, 2.24) is 10.2 Å². The van der Waals surface area contributed by atoms with E-state index >= 15 is 0 Å². The minimum absolute atomic E-state index is 0.0350. The van der Waals surface area contributed by atoms with Crippen molar-refractivity contribution in [2.75, 3.05) is 32.9 Å². The van der Waals surface area contributed by atoms with Gasteiger partial charge in [0.25, 0.3) is 0 Å². The Bertz CT molecular complexity index is 372. The lowest BCUT2D eigenvalue weighted by molar-refractivity contribution is -0.151. The van der Waals surface area contributed by atoms with E-state index in [1.54, 1.807) is 6.92 Å². The van der Waals surface area contributed by atoms with Gasteiger partial charge in [-0.05, 0) is 13.3 Å². The summed E-state index contributed by atoms with van der Waals surface area (Å²) in [6.07, 6.45) is 0.917. The minimum Gasteiger partial charge on any atom is -0.466 e. The molecule has 0 bridgehead atoms. The van der Waals surface area contributed by atoms with E-state index < -0.39 is 12.0 Å². The van der Waals surface area contributed by atoms with Crippen molar-refractivity contribution < 1.29 is 23.9 Å². The first-order valence-corrected chi connectivity index (χ1v) is 7.40. The molecule has 0 aromatic heterocycles. The Hall–Kier alpha value is -1.63. The van der Waals surface area contributed by atoms with E-state index in [1.807, 2.05) is 6.92 Å². The topological polar surface area (TPSA) is 84.9 Å². The maximum absolute atomic E-state index is 12.2. The number of carbonyl (C=O) groups is 3. The van der Waals surface area contributed by atoms with Crippen molar-refractivity contribution in [3.63, 3.8) is 0 Å². The summed E-state index contributed by atoms with van der Waals surface area (Å²) in [4.78, 5) is 37.0. The summed E-state index contributed by atoms with van der Waals surface area (Å²) in [5, 5.41) is 2.77. The van der Waals surface area contributed by atoms with Gasteiger partial charge in [0, 0.05) is 19.5 Å². The van der Waals surface area contributed by atoms with Crippen LogP contribution in [-0.4, -0.2) is 61.6 Å². The van der Waals surface area contributed by atoms with Gasteiger partial charge < -0.3 is 19.7 Å². The van der Waals surface area contributed by atoms with Gasteiger partial charge in [0.05, 0.1) is 26.2 Å². The molecule has 1 rings (SSSR count). The zero-order valence-electron chi connectivity index (χ0n) is 12.7. The van der Waals surface area contributed by atoms with Crippen LogP contribution in [-0.2, 0) is 23.9 Å². The number of amides is 2. The second-order valence-electron chi connectivity index (χ2n) is 4.77. The zero-order valence-corrected chi connectivity index (χ0v) is 12.7. The number of hydrogen-bond acceptors (Lipinski definition) is 5. The van der Waals surface area contributed by atoms with E-state index in [2.05, 4.69) is 5.32 Å². The van der Waals surface area contributed by atoms with Gasteiger partial charge >= 0.3 is 5.97 Å². The Labute approximate surface area is 124 Å². The number of carbonyl (C=O) groups excluding carboxylic acids is 3. The molecule has 0 aromatic carbocycles. The highest BCUT2D eigenvalue weighted by atomic mass is 16.5. The highest BCUT2D eigenvalue weighted by Gasteiger charge is 2.32. The molecule has 1 unspecified atom stereocenters. The molecule has 0 saturated carbocycles. The molecule has 0 spiro atoms. The molecule has 2 amide bonds. The van der Waals surface area contributed by atoms with Gasteiger partial charge in [0.2, 0.25) is 11.8 Å². The highest BCUT2D eigenvalue weighted by molar-refractivity contribution is 5.89. The molecule has 7 heteroatoms. The highest BCUT2D eigenvalue weighted by Crippen LogP contribution is 2.10. The molecule has 21 heavy (non-hydrogen) atoms. The number of rotatable bonds is 7. The van der Waals surface area contributed by atoms with E-state index in [0.29, 0.717) is 26.3 Å². The molecule has 0 aromatic rings. The maximum Gasteiger partial charge on any atom is 0.306 e. The molecule has 0 radical (unpaired) electrons. The van der Waals surface area contributed by atoms with Gasteiger partial charge in [0.1, 0.15) is 6.04 Å². The number of morpholine rings is 1. The molecular weight excluding hydrogens is 276 g/mol. The Morgan fingerprint density at radius 2 is 2.05 bits per heavy atom. The van der Waals surface area contributed by atoms with E-state index in [9.17, 15) is 14.4 Å². The summed E-state index contributed by atoms with van der Waals surface area (Å²) in [5.74, 6) is -0.824. The van der Waals surface area contributed by atoms with E-state index in [-0.39, 0.29) is 31.3 Å². The fraction of sp³-hybridized carbons (Fsp3) is 0.786. The summed E-state index contributed by atoms with van der Waals surface area (Å²) >= 11 is 0. The average Bonchev–Trinajstić information content (AvgIpc) is 2.50. The predicted octanol–water partition coefficient (Wildman–Crippen LogP) is 0.0833. The van der Waals surface area contributed by atoms with E-state index in [1.165, 1.54) is 4.90 Å². The molecule has 1 aliphatic heterocycles. The SMILES string of the molecule is CCCNC(=O)C1COCCN1C(=O)CCC(=O)OCC. The molecule has 7 nitrogen and oxygen atoms in total. The average molecular weight is 300 g/mol. The lowest BCUT2D eigenvalue weighted by atomic mass is 10.1. The number of ether oxygens (including phenoxy) is 2. The number of hydrogen-bond donors (Lipinski definition) is 1. The Balaban J connectivity index is 2.53. The van der Waals surface area contributed by atoms with Crippen LogP contribution in [0.25, 0.3) is 0 Å². The molecule has 0 aliphatic carbocycles. The minimum atomic E-state index is -0.611. The van der Waals surface area contributed by atoms with Crippen LogP contribution in [0.5, 0.6) is 0 Å². The summed E-state index contributed by atoms with van der Waals surface area (Å²) in [6, 6.07) is -0.611. The van der Waals surface area contributed by atoms with Crippen LogP contribution in [0.2, 0.25) is 0 Å². The summed E-state index contributed by atoms with van der Waals surface area (Å²) in [6.45, 7) is 5.51. The molecule has 1 saturated heterocycles. The molecule has 1 heterocycles. The lowest BCUT2D eigenvalue weighted by Gasteiger charge is -2.34. The third-order valence-electron chi connectivity index (χ3n) is 3.15. The third kappa shape index (κ3) is 5.71. The van der Waals surface area contributed by atoms with Gasteiger partial charge in [-0.1, -0.05) is 6.92 Å². The fourth-order valence-electron chi connectivity index (χ4n) is 2.07. The van der Waals surface area contributed by atoms with Crippen LogP contribution in [0.15, 0.2) is 0 Å². The second kappa shape index (κ2) is 9.33.